The van der Waals surface area contributed by atoms with Crippen LogP contribution in [0.15, 0.2) is 54.6 Å². The highest BCUT2D eigenvalue weighted by molar-refractivity contribution is 5.91. The Morgan fingerprint density at radius 2 is 1.64 bits per heavy atom. The minimum absolute atomic E-state index is 0.671. The van der Waals surface area contributed by atoms with E-state index in [9.17, 15) is 0 Å². The first-order valence-electron chi connectivity index (χ1n) is 10.2. The van der Waals surface area contributed by atoms with Gasteiger partial charge in [0.05, 0.1) is 12.1 Å². The summed E-state index contributed by atoms with van der Waals surface area (Å²) in [6.45, 7) is 5.16. The second kappa shape index (κ2) is 7.32. The van der Waals surface area contributed by atoms with E-state index >= 15 is 0 Å². The zero-order valence-corrected chi connectivity index (χ0v) is 16.3. The lowest BCUT2D eigenvalue weighted by Gasteiger charge is -2.31. The number of nitrogens with zero attached hydrogens (tertiary/aromatic N) is 5. The lowest BCUT2D eigenvalue weighted by Crippen LogP contribution is -2.33. The summed E-state index contributed by atoms with van der Waals surface area (Å²) in [5.74, 6) is 2.71. The van der Waals surface area contributed by atoms with Gasteiger partial charge >= 0.3 is 0 Å². The summed E-state index contributed by atoms with van der Waals surface area (Å²) < 4.78 is 2.17. The van der Waals surface area contributed by atoms with Gasteiger partial charge in [-0.1, -0.05) is 49.4 Å². The van der Waals surface area contributed by atoms with Crippen molar-refractivity contribution in [2.24, 2.45) is 0 Å². The van der Waals surface area contributed by atoms with Gasteiger partial charge in [-0.3, -0.25) is 9.30 Å². The number of hydrogen-bond acceptors (Lipinski definition) is 4. The summed E-state index contributed by atoms with van der Waals surface area (Å²) in [4.78, 5) is 7.37. The Labute approximate surface area is 165 Å². The van der Waals surface area contributed by atoms with E-state index in [4.69, 9.17) is 4.98 Å². The fourth-order valence-corrected chi connectivity index (χ4v) is 4.40. The van der Waals surface area contributed by atoms with E-state index in [0.29, 0.717) is 5.92 Å². The van der Waals surface area contributed by atoms with Crippen LogP contribution >= 0.6 is 0 Å². The molecule has 0 saturated carbocycles. The van der Waals surface area contributed by atoms with Crippen LogP contribution in [0, 0.1) is 0 Å². The fraction of sp³-hybridized carbons (Fsp3) is 0.348. The van der Waals surface area contributed by atoms with Crippen LogP contribution in [0.4, 0.5) is 0 Å². The summed E-state index contributed by atoms with van der Waals surface area (Å²) in [6.07, 6.45) is 3.26. The third-order valence-corrected chi connectivity index (χ3v) is 5.92. The molecule has 1 aliphatic heterocycles. The van der Waals surface area contributed by atoms with Gasteiger partial charge < -0.3 is 0 Å². The van der Waals surface area contributed by atoms with Crippen molar-refractivity contribution in [3.63, 3.8) is 0 Å². The average molecular weight is 371 g/mol. The van der Waals surface area contributed by atoms with E-state index in [0.717, 1.165) is 54.3 Å². The molecule has 3 heterocycles. The molecule has 2 aromatic carbocycles. The van der Waals surface area contributed by atoms with Gasteiger partial charge in [-0.15, -0.1) is 10.2 Å². The molecule has 5 nitrogen and oxygen atoms in total. The molecule has 0 bridgehead atoms. The predicted octanol–water partition coefficient (Wildman–Crippen LogP) is 4.22. The van der Waals surface area contributed by atoms with Gasteiger partial charge in [0.1, 0.15) is 5.82 Å². The van der Waals surface area contributed by atoms with E-state index in [1.807, 2.05) is 12.1 Å². The smallest absolute Gasteiger partial charge is 0.171 e. The summed E-state index contributed by atoms with van der Waals surface area (Å²) in [7, 11) is 0. The van der Waals surface area contributed by atoms with Crippen LogP contribution in [0.2, 0.25) is 0 Å². The molecule has 0 N–H and O–H groups in total. The molecular formula is C23H25N5. The van der Waals surface area contributed by atoms with Crippen molar-refractivity contribution in [3.8, 4) is 0 Å². The molecule has 1 aliphatic rings. The van der Waals surface area contributed by atoms with Crippen LogP contribution in [-0.4, -0.2) is 37.6 Å². The molecule has 5 heteroatoms. The molecule has 2 aromatic heterocycles. The Morgan fingerprint density at radius 3 is 2.43 bits per heavy atom. The molecule has 1 saturated heterocycles. The monoisotopic (exact) mass is 371 g/mol. The van der Waals surface area contributed by atoms with Gasteiger partial charge in [-0.05, 0) is 49.5 Å². The minimum atomic E-state index is 0.671. The van der Waals surface area contributed by atoms with E-state index in [1.54, 1.807) is 0 Å². The van der Waals surface area contributed by atoms with Gasteiger partial charge in [-0.2, -0.15) is 0 Å². The van der Waals surface area contributed by atoms with E-state index in [2.05, 4.69) is 68.9 Å². The summed E-state index contributed by atoms with van der Waals surface area (Å²) >= 11 is 0. The molecule has 28 heavy (non-hydrogen) atoms. The molecule has 0 aliphatic carbocycles. The van der Waals surface area contributed by atoms with Crippen LogP contribution in [0.25, 0.3) is 16.6 Å². The number of piperidine rings is 1. The number of benzene rings is 2. The Hall–Kier alpha value is -2.79. The summed E-state index contributed by atoms with van der Waals surface area (Å²) in [5, 5.41) is 10.2. The van der Waals surface area contributed by atoms with Gasteiger partial charge in [0.2, 0.25) is 0 Å². The largest absolute Gasteiger partial charge is 0.296 e. The maximum atomic E-state index is 4.86. The summed E-state index contributed by atoms with van der Waals surface area (Å²) in [6, 6.07) is 19.1. The standard InChI is InChI=1S/C23H25N5/c1-2-21-24-20-11-7-6-10-19(20)23-26-25-22(28(21)23)16-27-14-12-18(13-15-27)17-8-4-3-5-9-17/h3-11,18H,2,12-16H2,1H3. The van der Waals surface area contributed by atoms with Crippen molar-refractivity contribution in [2.75, 3.05) is 13.1 Å². The number of para-hydroxylation sites is 1. The van der Waals surface area contributed by atoms with Crippen LogP contribution in [0.3, 0.4) is 0 Å². The fourth-order valence-electron chi connectivity index (χ4n) is 4.40. The first-order valence-corrected chi connectivity index (χ1v) is 10.2. The van der Waals surface area contributed by atoms with Gasteiger partial charge in [-0.25, -0.2) is 4.98 Å². The third-order valence-electron chi connectivity index (χ3n) is 5.92. The normalized spacial score (nSPS) is 16.2. The molecule has 142 valence electrons. The van der Waals surface area contributed by atoms with Crippen molar-refractivity contribution in [2.45, 2.75) is 38.6 Å². The maximum absolute atomic E-state index is 4.86. The van der Waals surface area contributed by atoms with Crippen molar-refractivity contribution in [3.05, 3.63) is 71.8 Å². The second-order valence-electron chi connectivity index (χ2n) is 7.64. The number of fused-ring (bicyclic) bond motifs is 3. The van der Waals surface area contributed by atoms with Crippen LogP contribution < -0.4 is 0 Å². The highest BCUT2D eigenvalue weighted by Gasteiger charge is 2.22. The molecule has 0 amide bonds. The molecule has 0 atom stereocenters. The predicted molar refractivity (Wildman–Crippen MR) is 111 cm³/mol. The summed E-state index contributed by atoms with van der Waals surface area (Å²) in [5.41, 5.74) is 3.39. The highest BCUT2D eigenvalue weighted by atomic mass is 15.3. The highest BCUT2D eigenvalue weighted by Crippen LogP contribution is 2.28. The topological polar surface area (TPSA) is 46.3 Å². The SMILES string of the molecule is CCc1nc2ccccc2c2nnc(CN3CCC(c4ccccc4)CC3)n12. The van der Waals surface area contributed by atoms with Crippen LogP contribution in [0.5, 0.6) is 0 Å². The zero-order valence-electron chi connectivity index (χ0n) is 16.3. The second-order valence-corrected chi connectivity index (χ2v) is 7.64. The third kappa shape index (κ3) is 3.06. The number of likely N-dealkylation sites (tertiary alicyclic amines) is 1. The number of rotatable bonds is 4. The molecule has 0 spiro atoms. The first kappa shape index (κ1) is 17.3. The molecular weight excluding hydrogens is 346 g/mol. The quantitative estimate of drug-likeness (QED) is 0.539. The van der Waals surface area contributed by atoms with Crippen molar-refractivity contribution in [1.82, 2.24) is 24.5 Å². The molecule has 1 fully saturated rings. The first-order chi connectivity index (χ1) is 13.8. The van der Waals surface area contributed by atoms with E-state index in [-0.39, 0.29) is 0 Å². The number of hydrogen-bond donors (Lipinski definition) is 0. The van der Waals surface area contributed by atoms with Gasteiger partial charge in [0, 0.05) is 11.8 Å². The van der Waals surface area contributed by atoms with Crippen molar-refractivity contribution < 1.29 is 0 Å². The zero-order chi connectivity index (χ0) is 18.9. The van der Waals surface area contributed by atoms with Crippen molar-refractivity contribution in [1.29, 1.82) is 0 Å². The average Bonchev–Trinajstić information content (AvgIpc) is 3.18. The molecule has 0 radical (unpaired) electrons. The number of aromatic nitrogens is 4. The minimum Gasteiger partial charge on any atom is -0.296 e. The molecule has 4 aromatic rings. The number of aryl methyl sites for hydroxylation is 1. The van der Waals surface area contributed by atoms with E-state index < -0.39 is 0 Å². The Balaban J connectivity index is 1.40. The lowest BCUT2D eigenvalue weighted by molar-refractivity contribution is 0.199. The maximum Gasteiger partial charge on any atom is 0.171 e. The van der Waals surface area contributed by atoms with E-state index in [1.165, 1.54) is 18.4 Å². The van der Waals surface area contributed by atoms with Crippen LogP contribution in [-0.2, 0) is 13.0 Å². The molecule has 0 unspecified atom stereocenters. The van der Waals surface area contributed by atoms with Gasteiger partial charge in [0.25, 0.3) is 0 Å². The Kier molecular flexibility index (Phi) is 4.53. The Morgan fingerprint density at radius 1 is 0.893 bits per heavy atom. The molecule has 5 rings (SSSR count). The van der Waals surface area contributed by atoms with Crippen molar-refractivity contribution >= 4 is 16.6 Å². The van der Waals surface area contributed by atoms with Crippen LogP contribution in [0.1, 0.15) is 42.9 Å². The lowest BCUT2D eigenvalue weighted by atomic mass is 9.89. The Bertz CT molecular complexity index is 1090. The van der Waals surface area contributed by atoms with Gasteiger partial charge in [0.15, 0.2) is 11.5 Å².